The number of halogens is 3. The first kappa shape index (κ1) is 9.78. The van der Waals surface area contributed by atoms with Crippen LogP contribution in [0.3, 0.4) is 0 Å². The smallest absolute Gasteiger partial charge is 0.0647 e. The number of thiophene rings is 1. The van der Waals surface area contributed by atoms with E-state index in [-0.39, 0.29) is 0 Å². The molecular weight excluding hydrogens is 291 g/mol. The van der Waals surface area contributed by atoms with E-state index in [0.717, 1.165) is 30.3 Å². The van der Waals surface area contributed by atoms with Crippen LogP contribution >= 0.6 is 50.5 Å². The maximum atomic E-state index is 6.16. The van der Waals surface area contributed by atoms with Gasteiger partial charge in [-0.3, -0.25) is 0 Å². The predicted octanol–water partition coefficient (Wildman–Crippen LogP) is 5.10. The van der Waals surface area contributed by atoms with Crippen LogP contribution in [0.5, 0.6) is 0 Å². The van der Waals surface area contributed by atoms with Crippen molar-refractivity contribution in [3.63, 3.8) is 0 Å². The van der Waals surface area contributed by atoms with Crippen molar-refractivity contribution >= 4 is 60.6 Å². The highest BCUT2D eigenvalue weighted by Crippen LogP contribution is 2.40. The van der Waals surface area contributed by atoms with Crippen molar-refractivity contribution in [3.8, 4) is 0 Å². The molecule has 1 aromatic carbocycles. The minimum Gasteiger partial charge on any atom is -0.138 e. The third-order valence-corrected chi connectivity index (χ3v) is 4.73. The first-order valence-electron chi connectivity index (χ1n) is 3.65. The molecule has 0 fully saturated rings. The average Bonchev–Trinajstić information content (AvgIpc) is 2.44. The second kappa shape index (κ2) is 3.77. The summed E-state index contributed by atoms with van der Waals surface area (Å²) in [4.78, 5) is 1.13. The monoisotopic (exact) mass is 294 g/mol. The SMILES string of the molecule is Clc1cccc2sc(CBr)c(Cl)c12. The molecule has 4 heteroatoms. The summed E-state index contributed by atoms with van der Waals surface area (Å²) in [5.74, 6) is 0. The van der Waals surface area contributed by atoms with E-state index in [1.54, 1.807) is 11.3 Å². The minimum absolute atomic E-state index is 0.728. The first-order chi connectivity index (χ1) is 6.24. The molecule has 0 aliphatic heterocycles. The van der Waals surface area contributed by atoms with Crippen molar-refractivity contribution < 1.29 is 0 Å². The molecule has 0 bridgehead atoms. The van der Waals surface area contributed by atoms with Crippen LogP contribution in [0, 0.1) is 0 Å². The molecule has 1 heterocycles. The Morgan fingerprint density at radius 3 is 2.69 bits per heavy atom. The van der Waals surface area contributed by atoms with Crippen molar-refractivity contribution in [2.24, 2.45) is 0 Å². The Kier molecular flexibility index (Phi) is 2.84. The summed E-state index contributed by atoms with van der Waals surface area (Å²) < 4.78 is 1.15. The Morgan fingerprint density at radius 1 is 1.31 bits per heavy atom. The second-order valence-corrected chi connectivity index (χ2v) is 5.07. The van der Waals surface area contributed by atoms with Gasteiger partial charge in [-0.25, -0.2) is 0 Å². The van der Waals surface area contributed by atoms with Gasteiger partial charge in [-0.05, 0) is 12.1 Å². The molecule has 0 radical (unpaired) electrons. The number of hydrogen-bond acceptors (Lipinski definition) is 1. The van der Waals surface area contributed by atoms with Gasteiger partial charge in [0, 0.05) is 20.3 Å². The molecule has 68 valence electrons. The molecule has 0 aliphatic carbocycles. The molecule has 0 amide bonds. The molecule has 0 N–H and O–H groups in total. The zero-order valence-electron chi connectivity index (χ0n) is 6.48. The molecule has 0 saturated heterocycles. The van der Waals surface area contributed by atoms with E-state index in [2.05, 4.69) is 15.9 Å². The van der Waals surface area contributed by atoms with Crippen LogP contribution in [-0.4, -0.2) is 0 Å². The van der Waals surface area contributed by atoms with Gasteiger partial charge in [0.25, 0.3) is 0 Å². The zero-order valence-corrected chi connectivity index (χ0v) is 10.4. The highest BCUT2D eigenvalue weighted by atomic mass is 79.9. The van der Waals surface area contributed by atoms with Crippen LogP contribution in [0.1, 0.15) is 4.88 Å². The zero-order chi connectivity index (χ0) is 9.42. The van der Waals surface area contributed by atoms with Crippen molar-refractivity contribution in [1.29, 1.82) is 0 Å². The Balaban J connectivity index is 2.85. The highest BCUT2D eigenvalue weighted by Gasteiger charge is 2.11. The highest BCUT2D eigenvalue weighted by molar-refractivity contribution is 9.08. The van der Waals surface area contributed by atoms with Crippen molar-refractivity contribution in [3.05, 3.63) is 33.1 Å². The molecule has 0 aliphatic rings. The molecule has 0 unspecified atom stereocenters. The number of benzene rings is 1. The Hall–Kier alpha value is 0.240. The predicted molar refractivity (Wildman–Crippen MR) is 64.5 cm³/mol. The van der Waals surface area contributed by atoms with Gasteiger partial charge < -0.3 is 0 Å². The fraction of sp³-hybridized carbons (Fsp3) is 0.111. The lowest BCUT2D eigenvalue weighted by molar-refractivity contribution is 1.59. The summed E-state index contributed by atoms with van der Waals surface area (Å²) in [6.45, 7) is 0. The molecule has 0 atom stereocenters. The largest absolute Gasteiger partial charge is 0.138 e. The Morgan fingerprint density at radius 2 is 2.08 bits per heavy atom. The average molecular weight is 296 g/mol. The van der Waals surface area contributed by atoms with E-state index in [1.165, 1.54) is 0 Å². The molecule has 0 spiro atoms. The van der Waals surface area contributed by atoms with E-state index in [1.807, 2.05) is 18.2 Å². The Labute approximate surface area is 98.6 Å². The topological polar surface area (TPSA) is 0 Å². The molecule has 0 nitrogen and oxygen atoms in total. The van der Waals surface area contributed by atoms with Gasteiger partial charge in [-0.2, -0.15) is 0 Å². The lowest BCUT2D eigenvalue weighted by Gasteiger charge is -1.93. The van der Waals surface area contributed by atoms with Crippen LogP contribution < -0.4 is 0 Å². The van der Waals surface area contributed by atoms with Crippen LogP contribution in [-0.2, 0) is 5.33 Å². The molecule has 2 aromatic rings. The maximum absolute atomic E-state index is 6.16. The lowest BCUT2D eigenvalue weighted by atomic mass is 10.2. The number of fused-ring (bicyclic) bond motifs is 1. The lowest BCUT2D eigenvalue weighted by Crippen LogP contribution is -1.69. The van der Waals surface area contributed by atoms with Gasteiger partial charge in [-0.15, -0.1) is 11.3 Å². The van der Waals surface area contributed by atoms with Gasteiger partial charge >= 0.3 is 0 Å². The van der Waals surface area contributed by atoms with Gasteiger partial charge in [0.1, 0.15) is 0 Å². The van der Waals surface area contributed by atoms with E-state index in [0.29, 0.717) is 0 Å². The van der Waals surface area contributed by atoms with Crippen LogP contribution in [0.2, 0.25) is 10.0 Å². The van der Waals surface area contributed by atoms with Crippen LogP contribution in [0.15, 0.2) is 18.2 Å². The van der Waals surface area contributed by atoms with Crippen LogP contribution in [0.4, 0.5) is 0 Å². The molecule has 1 aromatic heterocycles. The maximum Gasteiger partial charge on any atom is 0.0647 e. The normalized spacial score (nSPS) is 11.0. The van der Waals surface area contributed by atoms with E-state index in [9.17, 15) is 0 Å². The summed E-state index contributed by atoms with van der Waals surface area (Å²) in [6, 6.07) is 5.83. The quantitative estimate of drug-likeness (QED) is 0.642. The van der Waals surface area contributed by atoms with Gasteiger partial charge in [0.2, 0.25) is 0 Å². The van der Waals surface area contributed by atoms with Crippen molar-refractivity contribution in [2.45, 2.75) is 5.33 Å². The second-order valence-electron chi connectivity index (χ2n) is 2.59. The minimum atomic E-state index is 0.728. The first-order valence-corrected chi connectivity index (χ1v) is 6.34. The third kappa shape index (κ3) is 1.61. The molecular formula is C9H5BrCl2S. The number of hydrogen-bond donors (Lipinski definition) is 0. The van der Waals surface area contributed by atoms with Crippen LogP contribution in [0.25, 0.3) is 10.1 Å². The number of rotatable bonds is 1. The fourth-order valence-electron chi connectivity index (χ4n) is 1.21. The van der Waals surface area contributed by atoms with E-state index >= 15 is 0 Å². The molecule has 13 heavy (non-hydrogen) atoms. The third-order valence-electron chi connectivity index (χ3n) is 1.79. The number of alkyl halides is 1. The summed E-state index contributed by atoms with van der Waals surface area (Å²) >= 11 is 17.3. The fourth-order valence-corrected chi connectivity index (χ4v) is 3.78. The van der Waals surface area contributed by atoms with Crippen molar-refractivity contribution in [2.75, 3.05) is 0 Å². The molecule has 0 saturated carbocycles. The molecule has 2 rings (SSSR count). The van der Waals surface area contributed by atoms with Crippen molar-refractivity contribution in [1.82, 2.24) is 0 Å². The Bertz CT molecular complexity index is 450. The van der Waals surface area contributed by atoms with Gasteiger partial charge in [0.15, 0.2) is 0 Å². The summed E-state index contributed by atoms with van der Waals surface area (Å²) in [6.07, 6.45) is 0. The van der Waals surface area contributed by atoms with E-state index in [4.69, 9.17) is 23.2 Å². The summed E-state index contributed by atoms with van der Waals surface area (Å²) in [5.41, 5.74) is 0. The van der Waals surface area contributed by atoms with Gasteiger partial charge in [0.05, 0.1) is 10.0 Å². The summed E-state index contributed by atoms with van der Waals surface area (Å²) in [5, 5.41) is 3.26. The summed E-state index contributed by atoms with van der Waals surface area (Å²) in [7, 11) is 0. The standard InChI is InChI=1S/C9H5BrCl2S/c10-4-7-9(12)8-5(11)2-1-3-6(8)13-7/h1-3H,4H2. The van der Waals surface area contributed by atoms with Gasteiger partial charge in [-0.1, -0.05) is 45.2 Å². The van der Waals surface area contributed by atoms with E-state index < -0.39 is 0 Å².